The molecule has 0 radical (unpaired) electrons. The minimum atomic E-state index is -3.89. The summed E-state index contributed by atoms with van der Waals surface area (Å²) >= 11 is 0. The van der Waals surface area contributed by atoms with Gasteiger partial charge < -0.3 is 10.6 Å². The van der Waals surface area contributed by atoms with E-state index in [1.165, 1.54) is 36.4 Å². The van der Waals surface area contributed by atoms with E-state index in [1.54, 1.807) is 24.4 Å². The molecule has 7 nitrogen and oxygen atoms in total. The first-order valence-corrected chi connectivity index (χ1v) is 11.4. The molecule has 1 heterocycles. The van der Waals surface area contributed by atoms with Gasteiger partial charge in [-0.3, -0.25) is 14.6 Å². The summed E-state index contributed by atoms with van der Waals surface area (Å²) in [6, 6.07) is 14.4. The SMILES string of the molecule is O=C(NC(Cc1ccccn1)C(=O)Nc1ccc(S(=O)(=O)Cl)cc1)c1ccc(F)cc1. The summed E-state index contributed by atoms with van der Waals surface area (Å²) in [7, 11) is 1.40. The van der Waals surface area contributed by atoms with Crippen molar-refractivity contribution in [2.75, 3.05) is 5.32 Å². The van der Waals surface area contributed by atoms with Crippen molar-refractivity contribution in [3.63, 3.8) is 0 Å². The third kappa shape index (κ3) is 6.34. The fourth-order valence-electron chi connectivity index (χ4n) is 2.71. The van der Waals surface area contributed by atoms with Crippen LogP contribution in [0.4, 0.5) is 10.1 Å². The van der Waals surface area contributed by atoms with Gasteiger partial charge in [0.05, 0.1) is 4.90 Å². The number of hydrogen-bond donors (Lipinski definition) is 2. The molecule has 0 bridgehead atoms. The molecule has 31 heavy (non-hydrogen) atoms. The number of pyridine rings is 1. The Balaban J connectivity index is 1.78. The highest BCUT2D eigenvalue weighted by molar-refractivity contribution is 8.13. The normalized spacial score (nSPS) is 12.1. The molecule has 1 aromatic heterocycles. The van der Waals surface area contributed by atoms with Crippen LogP contribution >= 0.6 is 10.7 Å². The summed E-state index contributed by atoms with van der Waals surface area (Å²) in [4.78, 5) is 29.5. The Kier molecular flexibility index (Phi) is 6.98. The van der Waals surface area contributed by atoms with Gasteiger partial charge in [0, 0.05) is 40.2 Å². The lowest BCUT2D eigenvalue weighted by Crippen LogP contribution is -2.45. The Morgan fingerprint density at radius 1 is 1.00 bits per heavy atom. The first kappa shape index (κ1) is 22.4. The van der Waals surface area contributed by atoms with Gasteiger partial charge in [0.25, 0.3) is 15.0 Å². The number of benzene rings is 2. The molecule has 3 rings (SSSR count). The van der Waals surface area contributed by atoms with Crippen molar-refractivity contribution in [3.8, 4) is 0 Å². The fraction of sp³-hybridized carbons (Fsp3) is 0.0952. The Bertz CT molecular complexity index is 1170. The zero-order valence-electron chi connectivity index (χ0n) is 16.0. The lowest BCUT2D eigenvalue weighted by molar-refractivity contribution is -0.118. The van der Waals surface area contributed by atoms with Crippen molar-refractivity contribution in [3.05, 3.63) is 90.0 Å². The van der Waals surface area contributed by atoms with Gasteiger partial charge in [-0.05, 0) is 60.7 Å². The number of carbonyl (C=O) groups excluding carboxylic acids is 2. The van der Waals surface area contributed by atoms with E-state index in [4.69, 9.17) is 10.7 Å². The second-order valence-electron chi connectivity index (χ2n) is 6.51. The summed E-state index contributed by atoms with van der Waals surface area (Å²) in [5.74, 6) is -1.58. The van der Waals surface area contributed by atoms with Gasteiger partial charge in [-0.25, -0.2) is 12.8 Å². The highest BCUT2D eigenvalue weighted by atomic mass is 35.7. The molecule has 0 aliphatic carbocycles. The van der Waals surface area contributed by atoms with Gasteiger partial charge in [0.2, 0.25) is 5.91 Å². The van der Waals surface area contributed by atoms with Gasteiger partial charge in [0.1, 0.15) is 11.9 Å². The first-order valence-electron chi connectivity index (χ1n) is 9.04. The van der Waals surface area contributed by atoms with Crippen molar-refractivity contribution in [1.82, 2.24) is 10.3 Å². The molecule has 10 heteroatoms. The Hall–Kier alpha value is -3.30. The lowest BCUT2D eigenvalue weighted by atomic mass is 10.1. The topological polar surface area (TPSA) is 105 Å². The molecule has 0 aliphatic rings. The quantitative estimate of drug-likeness (QED) is 0.526. The average Bonchev–Trinajstić information content (AvgIpc) is 2.74. The maximum absolute atomic E-state index is 13.1. The van der Waals surface area contributed by atoms with E-state index in [2.05, 4.69) is 15.6 Å². The van der Waals surface area contributed by atoms with Crippen LogP contribution in [-0.4, -0.2) is 31.3 Å². The summed E-state index contributed by atoms with van der Waals surface area (Å²) in [6.45, 7) is 0. The summed E-state index contributed by atoms with van der Waals surface area (Å²) < 4.78 is 35.8. The summed E-state index contributed by atoms with van der Waals surface area (Å²) in [5, 5.41) is 5.25. The van der Waals surface area contributed by atoms with Gasteiger partial charge >= 0.3 is 0 Å². The monoisotopic (exact) mass is 461 g/mol. The molecule has 0 saturated carbocycles. The zero-order chi connectivity index (χ0) is 22.4. The van der Waals surface area contributed by atoms with Crippen LogP contribution in [0.1, 0.15) is 16.1 Å². The largest absolute Gasteiger partial charge is 0.340 e. The van der Waals surface area contributed by atoms with Crippen molar-refractivity contribution in [2.45, 2.75) is 17.4 Å². The molecule has 0 spiro atoms. The number of nitrogens with zero attached hydrogens (tertiary/aromatic N) is 1. The van der Waals surface area contributed by atoms with Crippen LogP contribution in [0.2, 0.25) is 0 Å². The molecule has 1 unspecified atom stereocenters. The Morgan fingerprint density at radius 2 is 1.68 bits per heavy atom. The number of nitrogens with one attached hydrogen (secondary N) is 2. The molecule has 1 atom stereocenters. The minimum Gasteiger partial charge on any atom is -0.340 e. The maximum atomic E-state index is 13.1. The maximum Gasteiger partial charge on any atom is 0.261 e. The first-order chi connectivity index (χ1) is 14.7. The van der Waals surface area contributed by atoms with Crippen LogP contribution in [0, 0.1) is 5.82 Å². The predicted molar refractivity (Wildman–Crippen MR) is 114 cm³/mol. The van der Waals surface area contributed by atoms with Crippen molar-refractivity contribution in [2.24, 2.45) is 0 Å². The van der Waals surface area contributed by atoms with E-state index < -0.39 is 32.7 Å². The second-order valence-corrected chi connectivity index (χ2v) is 9.08. The van der Waals surface area contributed by atoms with Crippen molar-refractivity contribution >= 4 is 37.2 Å². The van der Waals surface area contributed by atoms with Crippen LogP contribution in [0.3, 0.4) is 0 Å². The molecule has 0 saturated heterocycles. The smallest absolute Gasteiger partial charge is 0.261 e. The van der Waals surface area contributed by atoms with E-state index >= 15 is 0 Å². The van der Waals surface area contributed by atoms with Gasteiger partial charge in [0.15, 0.2) is 0 Å². The van der Waals surface area contributed by atoms with Crippen LogP contribution in [0.25, 0.3) is 0 Å². The van der Waals surface area contributed by atoms with Crippen LogP contribution < -0.4 is 10.6 Å². The van der Waals surface area contributed by atoms with Gasteiger partial charge in [-0.1, -0.05) is 6.07 Å². The number of anilines is 1. The number of hydrogen-bond acceptors (Lipinski definition) is 5. The number of amides is 2. The number of halogens is 2. The minimum absolute atomic E-state index is 0.105. The lowest BCUT2D eigenvalue weighted by Gasteiger charge is -2.18. The average molecular weight is 462 g/mol. The molecule has 2 N–H and O–H groups in total. The van der Waals surface area contributed by atoms with Crippen LogP contribution in [-0.2, 0) is 20.3 Å². The van der Waals surface area contributed by atoms with Gasteiger partial charge in [-0.15, -0.1) is 0 Å². The second kappa shape index (κ2) is 9.67. The van der Waals surface area contributed by atoms with E-state index in [-0.39, 0.29) is 16.9 Å². The van der Waals surface area contributed by atoms with Gasteiger partial charge in [-0.2, -0.15) is 0 Å². The molecule has 0 aliphatic heterocycles. The third-order valence-corrected chi connectivity index (χ3v) is 5.64. The molecule has 3 aromatic rings. The zero-order valence-corrected chi connectivity index (χ0v) is 17.5. The Labute approximate surface area is 182 Å². The molecule has 2 aromatic carbocycles. The van der Waals surface area contributed by atoms with Crippen LogP contribution in [0.15, 0.2) is 77.8 Å². The number of carbonyl (C=O) groups is 2. The van der Waals surface area contributed by atoms with E-state index in [9.17, 15) is 22.4 Å². The van der Waals surface area contributed by atoms with Crippen molar-refractivity contribution < 1.29 is 22.4 Å². The van der Waals surface area contributed by atoms with Crippen LogP contribution in [0.5, 0.6) is 0 Å². The molecule has 160 valence electrons. The van der Waals surface area contributed by atoms with E-state index in [1.807, 2.05) is 0 Å². The molecular formula is C21H17ClFN3O4S. The highest BCUT2D eigenvalue weighted by Crippen LogP contribution is 2.18. The molecule has 0 fully saturated rings. The summed E-state index contributed by atoms with van der Waals surface area (Å²) in [6.07, 6.45) is 1.67. The standard InChI is InChI=1S/C21H17ClFN3O4S/c22-31(29,30)18-10-8-16(9-11-18)25-21(28)19(13-17-3-1-2-12-24-17)26-20(27)14-4-6-15(23)7-5-14/h1-12,19H,13H2,(H,25,28)(H,26,27). The van der Waals surface area contributed by atoms with E-state index in [0.29, 0.717) is 11.4 Å². The summed E-state index contributed by atoms with van der Waals surface area (Å²) in [5.41, 5.74) is 1.08. The van der Waals surface area contributed by atoms with Crippen molar-refractivity contribution in [1.29, 1.82) is 0 Å². The van der Waals surface area contributed by atoms with E-state index in [0.717, 1.165) is 12.1 Å². The number of rotatable bonds is 7. The molecular weight excluding hydrogens is 445 g/mol. The number of aromatic nitrogens is 1. The predicted octanol–water partition coefficient (Wildman–Crippen LogP) is 3.13. The Morgan fingerprint density at radius 3 is 2.26 bits per heavy atom. The third-order valence-electron chi connectivity index (χ3n) is 4.27. The fourth-order valence-corrected chi connectivity index (χ4v) is 3.48. The molecule has 2 amide bonds. The highest BCUT2D eigenvalue weighted by Gasteiger charge is 2.23.